The fourth-order valence-electron chi connectivity index (χ4n) is 1.89. The molecule has 1 rings (SSSR count). The Hall–Kier alpha value is -1.31. The smallest absolute Gasteiger partial charge is 0.471 e. The van der Waals surface area contributed by atoms with Crippen molar-refractivity contribution in [3.05, 3.63) is 0 Å². The highest BCUT2D eigenvalue weighted by Crippen LogP contribution is 2.23. The second-order valence-electron chi connectivity index (χ2n) is 4.13. The lowest BCUT2D eigenvalue weighted by Gasteiger charge is -2.30. The average molecular weight is 269 g/mol. The number of carbonyl (C=O) groups excluding carboxylic acids is 1. The van der Waals surface area contributed by atoms with Crippen molar-refractivity contribution in [1.82, 2.24) is 5.32 Å². The predicted molar refractivity (Wildman–Crippen MR) is 53.8 cm³/mol. The van der Waals surface area contributed by atoms with Crippen LogP contribution in [0.1, 0.15) is 19.3 Å². The molecule has 1 heterocycles. The van der Waals surface area contributed by atoms with E-state index in [1.54, 1.807) is 5.32 Å². The average Bonchev–Trinajstić information content (AvgIpc) is 2.27. The Morgan fingerprint density at radius 3 is 2.33 bits per heavy atom. The van der Waals surface area contributed by atoms with E-state index in [9.17, 15) is 22.8 Å². The van der Waals surface area contributed by atoms with E-state index in [0.717, 1.165) is 0 Å². The van der Waals surface area contributed by atoms with Crippen molar-refractivity contribution in [2.75, 3.05) is 13.2 Å². The number of alkyl halides is 3. The van der Waals surface area contributed by atoms with E-state index in [-0.39, 0.29) is 5.92 Å². The van der Waals surface area contributed by atoms with E-state index >= 15 is 0 Å². The van der Waals surface area contributed by atoms with Crippen molar-refractivity contribution in [3.8, 4) is 0 Å². The first-order valence-electron chi connectivity index (χ1n) is 5.48. The largest absolute Gasteiger partial charge is 0.481 e. The van der Waals surface area contributed by atoms with Crippen molar-refractivity contribution in [2.24, 2.45) is 5.92 Å². The quantitative estimate of drug-likeness (QED) is 0.796. The molecular weight excluding hydrogens is 255 g/mol. The van der Waals surface area contributed by atoms with Crippen LogP contribution in [0.2, 0.25) is 0 Å². The zero-order chi connectivity index (χ0) is 13.8. The molecule has 5 nitrogen and oxygen atoms in total. The highest BCUT2D eigenvalue weighted by Gasteiger charge is 2.41. The zero-order valence-electron chi connectivity index (χ0n) is 9.50. The summed E-state index contributed by atoms with van der Waals surface area (Å²) in [5.74, 6) is -3.64. The topological polar surface area (TPSA) is 75.6 Å². The van der Waals surface area contributed by atoms with E-state index in [1.165, 1.54) is 0 Å². The third-order valence-electron chi connectivity index (χ3n) is 2.80. The normalized spacial score (nSPS) is 19.3. The van der Waals surface area contributed by atoms with Gasteiger partial charge in [-0.15, -0.1) is 0 Å². The number of aliphatic carboxylic acids is 1. The van der Waals surface area contributed by atoms with Crippen LogP contribution in [0.5, 0.6) is 0 Å². The standard InChI is InChI=1S/C10H14F3NO4/c11-10(12,13)9(17)14-7(5-8(15)16)6-1-3-18-4-2-6/h6-7H,1-5H2,(H,14,17)(H,15,16)/t7-/m0/s1. The van der Waals surface area contributed by atoms with Gasteiger partial charge in [0.15, 0.2) is 0 Å². The van der Waals surface area contributed by atoms with Crippen LogP contribution in [-0.4, -0.2) is 42.4 Å². The summed E-state index contributed by atoms with van der Waals surface area (Å²) in [6.45, 7) is 0.728. The number of carbonyl (C=O) groups is 2. The maximum absolute atomic E-state index is 12.1. The van der Waals surface area contributed by atoms with Crippen LogP contribution in [0.25, 0.3) is 0 Å². The molecule has 1 amide bonds. The summed E-state index contributed by atoms with van der Waals surface area (Å²) in [5, 5.41) is 10.4. The molecule has 0 aromatic heterocycles. The lowest BCUT2D eigenvalue weighted by atomic mass is 9.89. The number of carboxylic acid groups (broad SMARTS) is 1. The Kier molecular flexibility index (Phi) is 4.94. The molecule has 0 aromatic carbocycles. The van der Waals surface area contributed by atoms with Crippen LogP contribution in [0.4, 0.5) is 13.2 Å². The minimum Gasteiger partial charge on any atom is -0.481 e. The summed E-state index contributed by atoms with van der Waals surface area (Å²) in [6.07, 6.45) is -4.64. The number of nitrogens with one attached hydrogen (secondary N) is 1. The molecule has 1 aliphatic heterocycles. The van der Waals surface area contributed by atoms with Gasteiger partial charge in [-0.2, -0.15) is 13.2 Å². The highest BCUT2D eigenvalue weighted by molar-refractivity contribution is 5.82. The first-order valence-corrected chi connectivity index (χ1v) is 5.48. The van der Waals surface area contributed by atoms with Gasteiger partial charge in [-0.25, -0.2) is 0 Å². The first kappa shape index (κ1) is 14.7. The predicted octanol–water partition coefficient (Wildman–Crippen LogP) is 0.935. The molecule has 0 aliphatic carbocycles. The molecule has 0 radical (unpaired) electrons. The minimum atomic E-state index is -5.00. The van der Waals surface area contributed by atoms with Gasteiger partial charge >= 0.3 is 18.1 Å². The Balaban J connectivity index is 2.65. The van der Waals surface area contributed by atoms with Crippen LogP contribution in [0, 0.1) is 5.92 Å². The number of carboxylic acids is 1. The van der Waals surface area contributed by atoms with Crippen molar-refractivity contribution in [1.29, 1.82) is 0 Å². The van der Waals surface area contributed by atoms with Crippen molar-refractivity contribution in [3.63, 3.8) is 0 Å². The molecule has 8 heteroatoms. The van der Waals surface area contributed by atoms with Crippen molar-refractivity contribution in [2.45, 2.75) is 31.5 Å². The van der Waals surface area contributed by atoms with Gasteiger partial charge in [-0.05, 0) is 18.8 Å². The Labute approximate surface area is 101 Å². The molecule has 1 saturated heterocycles. The zero-order valence-corrected chi connectivity index (χ0v) is 9.50. The number of halogens is 3. The molecule has 1 aliphatic rings. The van der Waals surface area contributed by atoms with Gasteiger partial charge in [0.2, 0.25) is 0 Å². The molecule has 1 atom stereocenters. The fourth-order valence-corrected chi connectivity index (χ4v) is 1.89. The van der Waals surface area contributed by atoms with Crippen molar-refractivity contribution < 1.29 is 32.6 Å². The van der Waals surface area contributed by atoms with Crippen molar-refractivity contribution >= 4 is 11.9 Å². The van der Waals surface area contributed by atoms with Gasteiger partial charge < -0.3 is 15.2 Å². The summed E-state index contributed by atoms with van der Waals surface area (Å²) in [4.78, 5) is 21.5. The summed E-state index contributed by atoms with van der Waals surface area (Å²) < 4.78 is 41.4. The van der Waals surface area contributed by atoms with Gasteiger partial charge in [0, 0.05) is 19.3 Å². The molecule has 0 bridgehead atoms. The lowest BCUT2D eigenvalue weighted by molar-refractivity contribution is -0.175. The second-order valence-corrected chi connectivity index (χ2v) is 4.13. The van der Waals surface area contributed by atoms with Gasteiger partial charge in [0.25, 0.3) is 0 Å². The molecule has 1 fully saturated rings. The lowest BCUT2D eigenvalue weighted by Crippen LogP contribution is -2.48. The summed E-state index contributed by atoms with van der Waals surface area (Å²) >= 11 is 0. The van der Waals surface area contributed by atoms with E-state index in [0.29, 0.717) is 26.1 Å². The number of ether oxygens (including phenoxy) is 1. The molecule has 0 unspecified atom stereocenters. The summed E-state index contributed by atoms with van der Waals surface area (Å²) in [6, 6.07) is -1.01. The van der Waals surface area contributed by atoms with Crippen LogP contribution in [0.3, 0.4) is 0 Å². The third kappa shape index (κ3) is 4.52. The van der Waals surface area contributed by atoms with Gasteiger partial charge in [0.05, 0.1) is 6.42 Å². The van der Waals surface area contributed by atoms with Crippen LogP contribution in [-0.2, 0) is 14.3 Å². The molecule has 0 spiro atoms. The Morgan fingerprint density at radius 2 is 1.89 bits per heavy atom. The van der Waals surface area contributed by atoms with Gasteiger partial charge in [0.1, 0.15) is 0 Å². The SMILES string of the molecule is O=C(O)C[C@H](NC(=O)C(F)(F)F)C1CCOCC1. The maximum Gasteiger partial charge on any atom is 0.471 e. The monoisotopic (exact) mass is 269 g/mol. The Bertz CT molecular complexity index is 313. The molecule has 0 saturated carbocycles. The summed E-state index contributed by atoms with van der Waals surface area (Å²) in [5.41, 5.74) is 0. The third-order valence-corrected chi connectivity index (χ3v) is 2.80. The van der Waals surface area contributed by atoms with Crippen LogP contribution < -0.4 is 5.32 Å². The second kappa shape index (κ2) is 6.03. The van der Waals surface area contributed by atoms with E-state index < -0.39 is 30.5 Å². The molecule has 2 N–H and O–H groups in total. The van der Waals surface area contributed by atoms with Crippen LogP contribution >= 0.6 is 0 Å². The number of hydrogen-bond donors (Lipinski definition) is 2. The highest BCUT2D eigenvalue weighted by atomic mass is 19.4. The molecule has 18 heavy (non-hydrogen) atoms. The molecular formula is C10H14F3NO4. The number of amides is 1. The number of hydrogen-bond acceptors (Lipinski definition) is 3. The van der Waals surface area contributed by atoms with E-state index in [2.05, 4.69) is 0 Å². The fraction of sp³-hybridized carbons (Fsp3) is 0.800. The van der Waals surface area contributed by atoms with E-state index in [4.69, 9.17) is 9.84 Å². The molecule has 0 aromatic rings. The Morgan fingerprint density at radius 1 is 1.33 bits per heavy atom. The maximum atomic E-state index is 12.1. The van der Waals surface area contributed by atoms with Gasteiger partial charge in [-0.1, -0.05) is 0 Å². The van der Waals surface area contributed by atoms with Gasteiger partial charge in [-0.3, -0.25) is 9.59 Å². The van der Waals surface area contributed by atoms with E-state index in [1.807, 2.05) is 0 Å². The molecule has 104 valence electrons. The number of rotatable bonds is 4. The van der Waals surface area contributed by atoms with Crippen LogP contribution in [0.15, 0.2) is 0 Å². The minimum absolute atomic E-state index is 0.304. The summed E-state index contributed by atoms with van der Waals surface area (Å²) in [7, 11) is 0. The first-order chi connectivity index (χ1) is 8.30.